The van der Waals surface area contributed by atoms with Crippen LogP contribution in [0.2, 0.25) is 0 Å². The summed E-state index contributed by atoms with van der Waals surface area (Å²) in [5.74, 6) is 0.329. The van der Waals surface area contributed by atoms with Crippen molar-refractivity contribution < 1.29 is 17.9 Å². The number of sulfonamides is 1. The van der Waals surface area contributed by atoms with Crippen LogP contribution >= 0.6 is 11.3 Å². The second-order valence-electron chi connectivity index (χ2n) is 6.82. The van der Waals surface area contributed by atoms with Gasteiger partial charge in [0.05, 0.1) is 30.2 Å². The normalized spacial score (nSPS) is 15.8. The molecule has 1 fully saturated rings. The van der Waals surface area contributed by atoms with Gasteiger partial charge in [-0.3, -0.25) is 4.79 Å². The summed E-state index contributed by atoms with van der Waals surface area (Å²) < 4.78 is 32.1. The molecule has 1 aliphatic rings. The molecule has 0 unspecified atom stereocenters. The van der Waals surface area contributed by atoms with E-state index in [-0.39, 0.29) is 16.6 Å². The zero-order valence-electron chi connectivity index (χ0n) is 16.3. The van der Waals surface area contributed by atoms with Crippen molar-refractivity contribution in [2.45, 2.75) is 38.0 Å². The minimum atomic E-state index is -3.50. The zero-order chi connectivity index (χ0) is 20.1. The van der Waals surface area contributed by atoms with Crippen molar-refractivity contribution in [1.82, 2.24) is 9.29 Å². The van der Waals surface area contributed by atoms with E-state index in [2.05, 4.69) is 4.98 Å². The van der Waals surface area contributed by atoms with Crippen LogP contribution in [0.15, 0.2) is 34.5 Å². The first-order valence-corrected chi connectivity index (χ1v) is 11.9. The summed E-state index contributed by atoms with van der Waals surface area (Å²) in [6, 6.07) is 6.78. The third-order valence-corrected chi connectivity index (χ3v) is 7.84. The molecule has 6 nitrogen and oxygen atoms in total. The van der Waals surface area contributed by atoms with Crippen LogP contribution in [-0.2, 0) is 26.0 Å². The van der Waals surface area contributed by atoms with E-state index in [1.807, 2.05) is 19.2 Å². The topological polar surface area (TPSA) is 76.6 Å². The number of ketones is 1. The lowest BCUT2D eigenvalue weighted by Crippen LogP contribution is -2.40. The van der Waals surface area contributed by atoms with E-state index in [9.17, 15) is 13.2 Å². The van der Waals surface area contributed by atoms with Crippen molar-refractivity contribution in [3.63, 3.8) is 0 Å². The molecule has 8 heteroatoms. The zero-order valence-corrected chi connectivity index (χ0v) is 17.9. The highest BCUT2D eigenvalue weighted by atomic mass is 32.2. The number of ether oxygens (including phenoxy) is 1. The standard InChI is InChI=1S/C20H26N2O4S2/c1-3-15(4-2)19(23)13-20-21-18(14-27-20)16-5-7-17(8-6-16)28(24,25)22-9-11-26-12-10-22/h5-8,14-15H,3-4,9-13H2,1-2H3. The molecule has 0 amide bonds. The number of nitrogens with zero attached hydrogens (tertiary/aromatic N) is 2. The van der Waals surface area contributed by atoms with Gasteiger partial charge in [0.25, 0.3) is 0 Å². The fourth-order valence-electron chi connectivity index (χ4n) is 3.30. The second kappa shape index (κ2) is 9.26. The lowest BCUT2D eigenvalue weighted by Gasteiger charge is -2.26. The summed E-state index contributed by atoms with van der Waals surface area (Å²) in [5.41, 5.74) is 1.62. The van der Waals surface area contributed by atoms with Gasteiger partial charge in [0, 0.05) is 30.0 Å². The van der Waals surface area contributed by atoms with Crippen LogP contribution in [0.5, 0.6) is 0 Å². The Kier molecular flexibility index (Phi) is 6.98. The lowest BCUT2D eigenvalue weighted by atomic mass is 9.96. The molecule has 0 bridgehead atoms. The summed E-state index contributed by atoms with van der Waals surface area (Å²) in [5, 5.41) is 2.72. The number of hydrogen-bond acceptors (Lipinski definition) is 6. The molecule has 0 radical (unpaired) electrons. The lowest BCUT2D eigenvalue weighted by molar-refractivity contribution is -0.122. The fraction of sp³-hybridized carbons (Fsp3) is 0.500. The Bertz CT molecular complexity index is 897. The fourth-order valence-corrected chi connectivity index (χ4v) is 5.52. The van der Waals surface area contributed by atoms with Gasteiger partial charge in [0.1, 0.15) is 10.8 Å². The second-order valence-corrected chi connectivity index (χ2v) is 9.70. The first-order valence-electron chi connectivity index (χ1n) is 9.61. The summed E-state index contributed by atoms with van der Waals surface area (Å²) in [6.07, 6.45) is 2.07. The van der Waals surface area contributed by atoms with E-state index in [0.29, 0.717) is 32.7 Å². The van der Waals surface area contributed by atoms with Gasteiger partial charge >= 0.3 is 0 Å². The highest BCUT2D eigenvalue weighted by molar-refractivity contribution is 7.89. The Morgan fingerprint density at radius 1 is 1.18 bits per heavy atom. The molecule has 0 aliphatic carbocycles. The first kappa shape index (κ1) is 21.1. The number of thiazole rings is 1. The molecule has 0 N–H and O–H groups in total. The van der Waals surface area contributed by atoms with Crippen molar-refractivity contribution in [3.8, 4) is 11.3 Å². The van der Waals surface area contributed by atoms with Crippen LogP contribution in [0.1, 0.15) is 31.7 Å². The van der Waals surface area contributed by atoms with Crippen molar-refractivity contribution in [3.05, 3.63) is 34.7 Å². The molecule has 1 aromatic carbocycles. The van der Waals surface area contributed by atoms with Crippen LogP contribution in [0.4, 0.5) is 0 Å². The smallest absolute Gasteiger partial charge is 0.243 e. The van der Waals surface area contributed by atoms with Crippen molar-refractivity contribution >= 4 is 27.1 Å². The largest absolute Gasteiger partial charge is 0.379 e. The van der Waals surface area contributed by atoms with Crippen LogP contribution in [0.25, 0.3) is 11.3 Å². The Morgan fingerprint density at radius 3 is 2.43 bits per heavy atom. The van der Waals surface area contributed by atoms with E-state index in [1.165, 1.54) is 15.6 Å². The molecule has 3 rings (SSSR count). The number of hydrogen-bond donors (Lipinski definition) is 0. The summed E-state index contributed by atoms with van der Waals surface area (Å²) in [6.45, 7) is 5.68. The maximum absolute atomic E-state index is 12.7. The number of Topliss-reactive ketones (excluding diaryl/α,β-unsaturated/α-hetero) is 1. The van der Waals surface area contributed by atoms with Crippen molar-refractivity contribution in [1.29, 1.82) is 0 Å². The molecule has 1 saturated heterocycles. The first-order chi connectivity index (χ1) is 13.5. The maximum atomic E-state index is 12.7. The number of aromatic nitrogens is 1. The summed E-state index contributed by atoms with van der Waals surface area (Å²) in [4.78, 5) is 17.2. The quantitative estimate of drug-likeness (QED) is 0.652. The van der Waals surface area contributed by atoms with E-state index >= 15 is 0 Å². The molecule has 0 spiro atoms. The molecular weight excluding hydrogens is 396 g/mol. The third kappa shape index (κ3) is 4.68. The number of carbonyl (C=O) groups excluding carboxylic acids is 1. The average molecular weight is 423 g/mol. The summed E-state index contributed by atoms with van der Waals surface area (Å²) in [7, 11) is -3.50. The minimum absolute atomic E-state index is 0.0945. The molecule has 1 aromatic heterocycles. The van der Waals surface area contributed by atoms with Gasteiger partial charge in [-0.2, -0.15) is 4.31 Å². The number of benzene rings is 1. The molecule has 2 aromatic rings. The summed E-state index contributed by atoms with van der Waals surface area (Å²) >= 11 is 1.47. The number of carbonyl (C=O) groups is 1. The van der Waals surface area contributed by atoms with Gasteiger partial charge in [-0.1, -0.05) is 26.0 Å². The monoisotopic (exact) mass is 422 g/mol. The maximum Gasteiger partial charge on any atom is 0.243 e. The molecule has 0 saturated carbocycles. The number of morpholine rings is 1. The Morgan fingerprint density at radius 2 is 1.82 bits per heavy atom. The van der Waals surface area contributed by atoms with Gasteiger partial charge in [-0.15, -0.1) is 11.3 Å². The predicted octanol–water partition coefficient (Wildman–Crippen LogP) is 3.38. The van der Waals surface area contributed by atoms with E-state index in [0.717, 1.165) is 29.1 Å². The van der Waals surface area contributed by atoms with Gasteiger partial charge in [-0.05, 0) is 25.0 Å². The van der Waals surface area contributed by atoms with Gasteiger partial charge < -0.3 is 4.74 Å². The van der Waals surface area contributed by atoms with Crippen LogP contribution < -0.4 is 0 Å². The van der Waals surface area contributed by atoms with Crippen molar-refractivity contribution in [2.24, 2.45) is 5.92 Å². The third-order valence-electron chi connectivity index (χ3n) is 5.08. The molecule has 1 aliphatic heterocycles. The average Bonchev–Trinajstić information content (AvgIpc) is 3.18. The van der Waals surface area contributed by atoms with Gasteiger partial charge in [0.2, 0.25) is 10.0 Å². The van der Waals surface area contributed by atoms with Crippen LogP contribution in [-0.4, -0.2) is 49.8 Å². The molecule has 0 atom stereocenters. The Balaban J connectivity index is 1.72. The van der Waals surface area contributed by atoms with E-state index < -0.39 is 10.0 Å². The minimum Gasteiger partial charge on any atom is -0.379 e. The van der Waals surface area contributed by atoms with Crippen molar-refractivity contribution in [2.75, 3.05) is 26.3 Å². The van der Waals surface area contributed by atoms with E-state index in [4.69, 9.17) is 4.74 Å². The molecule has 152 valence electrons. The van der Waals surface area contributed by atoms with Crippen LogP contribution in [0.3, 0.4) is 0 Å². The van der Waals surface area contributed by atoms with Gasteiger partial charge in [0.15, 0.2) is 0 Å². The predicted molar refractivity (Wildman–Crippen MR) is 110 cm³/mol. The highest BCUT2D eigenvalue weighted by Crippen LogP contribution is 2.26. The molecule has 28 heavy (non-hydrogen) atoms. The van der Waals surface area contributed by atoms with Crippen LogP contribution in [0, 0.1) is 5.92 Å². The molecule has 2 heterocycles. The highest BCUT2D eigenvalue weighted by Gasteiger charge is 2.26. The Hall–Kier alpha value is -1.61. The number of rotatable bonds is 8. The molecular formula is C20H26N2O4S2. The SMILES string of the molecule is CCC(CC)C(=O)Cc1nc(-c2ccc(S(=O)(=O)N3CCOCC3)cc2)cs1. The Labute approximate surface area is 170 Å². The van der Waals surface area contributed by atoms with E-state index in [1.54, 1.807) is 24.3 Å². The van der Waals surface area contributed by atoms with Gasteiger partial charge in [-0.25, -0.2) is 13.4 Å².